The monoisotopic (exact) mass is 518 g/mol. The average molecular weight is 519 g/mol. The van der Waals surface area contributed by atoms with Gasteiger partial charge in [0.15, 0.2) is 18.2 Å². The maximum absolute atomic E-state index is 12.9. The van der Waals surface area contributed by atoms with Crippen molar-refractivity contribution in [2.75, 3.05) is 11.9 Å². The number of hydrogen-bond acceptors (Lipinski definition) is 7. The molecule has 0 aliphatic heterocycles. The number of rotatable bonds is 7. The molecule has 180 valence electrons. The summed E-state index contributed by atoms with van der Waals surface area (Å²) in [4.78, 5) is 54.7. The van der Waals surface area contributed by atoms with Gasteiger partial charge < -0.3 is 10.1 Å². The third-order valence-corrected chi connectivity index (χ3v) is 7.17. The van der Waals surface area contributed by atoms with Crippen LogP contribution in [-0.4, -0.2) is 35.0 Å². The lowest BCUT2D eigenvalue weighted by Crippen LogP contribution is -2.23. The summed E-state index contributed by atoms with van der Waals surface area (Å²) in [6.07, 6.45) is 1.34. The Morgan fingerprint density at radius 2 is 1.58 bits per heavy atom. The van der Waals surface area contributed by atoms with E-state index in [0.29, 0.717) is 24.0 Å². The number of benzene rings is 3. The van der Waals surface area contributed by atoms with Crippen molar-refractivity contribution in [2.45, 2.75) is 19.3 Å². The minimum absolute atomic E-state index is 0.102. The second kappa shape index (κ2) is 10.0. The Bertz CT molecular complexity index is 1510. The predicted octanol–water partition coefficient (Wildman–Crippen LogP) is 5.23. The molecule has 0 unspecified atom stereocenters. The first-order chi connectivity index (χ1) is 17.4. The molecule has 1 aromatic heterocycles. The van der Waals surface area contributed by atoms with Crippen LogP contribution in [0.5, 0.6) is 0 Å². The van der Waals surface area contributed by atoms with Crippen LogP contribution in [0.4, 0.5) is 5.69 Å². The number of hydrogen-bond donors (Lipinski definition) is 1. The molecular weight excluding hydrogens is 500 g/mol. The molecule has 0 spiro atoms. The highest BCUT2D eigenvalue weighted by atomic mass is 35.5. The fourth-order valence-corrected chi connectivity index (χ4v) is 5.25. The Hall–Kier alpha value is -3.88. The van der Waals surface area contributed by atoms with Crippen molar-refractivity contribution in [1.29, 1.82) is 0 Å². The normalized spacial score (nSPS) is 12.2. The summed E-state index contributed by atoms with van der Waals surface area (Å²) in [5.41, 5.74) is 2.06. The fourth-order valence-electron chi connectivity index (χ4n) is 4.03. The van der Waals surface area contributed by atoms with E-state index < -0.39 is 18.5 Å². The summed E-state index contributed by atoms with van der Waals surface area (Å²) in [5, 5.41) is 3.60. The first-order valence-electron chi connectivity index (χ1n) is 11.2. The number of ether oxygens (including phenoxy) is 1. The van der Waals surface area contributed by atoms with Crippen molar-refractivity contribution in [3.63, 3.8) is 0 Å². The van der Waals surface area contributed by atoms with Crippen LogP contribution in [0.3, 0.4) is 0 Å². The molecule has 9 heteroatoms. The van der Waals surface area contributed by atoms with E-state index >= 15 is 0 Å². The van der Waals surface area contributed by atoms with Gasteiger partial charge in [0.05, 0.1) is 25.9 Å². The van der Waals surface area contributed by atoms with E-state index in [4.69, 9.17) is 16.3 Å². The van der Waals surface area contributed by atoms with Gasteiger partial charge in [-0.05, 0) is 37.1 Å². The summed E-state index contributed by atoms with van der Waals surface area (Å²) >= 11 is 7.86. The van der Waals surface area contributed by atoms with Gasteiger partial charge in [-0.3, -0.25) is 19.2 Å². The van der Waals surface area contributed by atoms with Gasteiger partial charge in [-0.15, -0.1) is 11.3 Å². The molecule has 0 radical (unpaired) electrons. The topological polar surface area (TPSA) is 102 Å². The number of aromatic nitrogens is 1. The molecule has 0 atom stereocenters. The smallest absolute Gasteiger partial charge is 0.306 e. The Kier molecular flexibility index (Phi) is 6.63. The number of carbonyl (C=O) groups is 4. The number of nitrogens with one attached hydrogen (secondary N) is 1. The lowest BCUT2D eigenvalue weighted by Gasteiger charge is -2.19. The third kappa shape index (κ3) is 4.78. The number of carbonyl (C=O) groups excluding carboxylic acids is 4. The van der Waals surface area contributed by atoms with Crippen molar-refractivity contribution in [2.24, 2.45) is 0 Å². The highest BCUT2D eigenvalue weighted by molar-refractivity contribution is 7.18. The quantitative estimate of drug-likeness (QED) is 0.296. The lowest BCUT2D eigenvalue weighted by molar-refractivity contribution is -0.147. The molecule has 0 saturated heterocycles. The Morgan fingerprint density at radius 1 is 0.917 bits per heavy atom. The van der Waals surface area contributed by atoms with E-state index in [1.807, 2.05) is 24.3 Å². The fraction of sp³-hybridized carbons (Fsp3) is 0.148. The number of halogens is 1. The molecule has 1 aliphatic carbocycles. The number of nitrogens with zero attached hydrogens (tertiary/aromatic N) is 1. The second-order valence-corrected chi connectivity index (χ2v) is 9.74. The first kappa shape index (κ1) is 23.8. The number of aryl methyl sites for hydroxylation is 1. The first-order valence-corrected chi connectivity index (χ1v) is 12.4. The molecule has 5 rings (SSSR count). The molecule has 1 amide bonds. The Morgan fingerprint density at radius 3 is 2.31 bits per heavy atom. The van der Waals surface area contributed by atoms with Crippen molar-refractivity contribution in [3.8, 4) is 0 Å². The molecule has 0 fully saturated rings. The number of esters is 1. The van der Waals surface area contributed by atoms with Crippen molar-refractivity contribution in [1.82, 2.24) is 4.98 Å². The lowest BCUT2D eigenvalue weighted by atomic mass is 9.84. The molecule has 1 aliphatic rings. The SMILES string of the molecule is O=C(COC(=O)CCCc1nc2ccccc2s1)Nc1cc2c(cc1Cl)C(=O)c1ccccc1C2=O. The van der Waals surface area contributed by atoms with Crippen LogP contribution < -0.4 is 5.32 Å². The second-order valence-electron chi connectivity index (χ2n) is 8.22. The molecule has 3 aromatic carbocycles. The molecular formula is C27H19ClN2O5S. The molecule has 1 heterocycles. The molecule has 0 bridgehead atoms. The minimum atomic E-state index is -0.605. The van der Waals surface area contributed by atoms with Crippen LogP contribution >= 0.6 is 22.9 Å². The maximum atomic E-state index is 12.9. The van der Waals surface area contributed by atoms with E-state index in [1.165, 1.54) is 12.1 Å². The number of anilines is 1. The number of amides is 1. The number of ketones is 2. The van der Waals surface area contributed by atoms with Gasteiger partial charge in [0.25, 0.3) is 5.91 Å². The van der Waals surface area contributed by atoms with Crippen LogP contribution in [0, 0.1) is 0 Å². The minimum Gasteiger partial charge on any atom is -0.456 e. The molecule has 4 aromatic rings. The molecule has 36 heavy (non-hydrogen) atoms. The summed E-state index contributed by atoms with van der Waals surface area (Å²) in [6, 6.07) is 17.1. The van der Waals surface area contributed by atoms with Crippen LogP contribution in [-0.2, 0) is 20.7 Å². The number of fused-ring (bicyclic) bond motifs is 3. The van der Waals surface area contributed by atoms with Crippen LogP contribution in [0.1, 0.15) is 49.7 Å². The van der Waals surface area contributed by atoms with Crippen molar-refractivity contribution >= 4 is 62.3 Å². The van der Waals surface area contributed by atoms with Gasteiger partial charge in [-0.25, -0.2) is 4.98 Å². The van der Waals surface area contributed by atoms with Crippen LogP contribution in [0.2, 0.25) is 5.02 Å². The van der Waals surface area contributed by atoms with E-state index in [-0.39, 0.29) is 39.8 Å². The Labute approximate surface area is 215 Å². The van der Waals surface area contributed by atoms with Gasteiger partial charge in [0, 0.05) is 28.7 Å². The number of thiazole rings is 1. The summed E-state index contributed by atoms with van der Waals surface area (Å²) < 4.78 is 6.18. The van der Waals surface area contributed by atoms with Gasteiger partial charge >= 0.3 is 5.97 Å². The van der Waals surface area contributed by atoms with E-state index in [0.717, 1.165) is 15.2 Å². The zero-order valence-electron chi connectivity index (χ0n) is 18.9. The molecule has 0 saturated carbocycles. The van der Waals surface area contributed by atoms with Crippen LogP contribution in [0.15, 0.2) is 60.7 Å². The summed E-state index contributed by atoms with van der Waals surface area (Å²) in [7, 11) is 0. The van der Waals surface area contributed by atoms with Gasteiger partial charge in [0.2, 0.25) is 0 Å². The summed E-state index contributed by atoms with van der Waals surface area (Å²) in [5.74, 6) is -1.74. The highest BCUT2D eigenvalue weighted by Gasteiger charge is 2.30. The van der Waals surface area contributed by atoms with E-state index in [2.05, 4.69) is 10.3 Å². The Balaban J connectivity index is 1.16. The third-order valence-electron chi connectivity index (χ3n) is 5.76. The van der Waals surface area contributed by atoms with Gasteiger partial charge in [-0.2, -0.15) is 0 Å². The zero-order chi connectivity index (χ0) is 25.2. The zero-order valence-corrected chi connectivity index (χ0v) is 20.4. The van der Waals surface area contributed by atoms with Gasteiger partial charge in [-0.1, -0.05) is 48.0 Å². The van der Waals surface area contributed by atoms with E-state index in [1.54, 1.807) is 35.6 Å². The number of para-hydroxylation sites is 1. The van der Waals surface area contributed by atoms with Crippen LogP contribution in [0.25, 0.3) is 10.2 Å². The van der Waals surface area contributed by atoms with E-state index in [9.17, 15) is 19.2 Å². The van der Waals surface area contributed by atoms with Crippen molar-refractivity contribution < 1.29 is 23.9 Å². The molecule has 7 nitrogen and oxygen atoms in total. The largest absolute Gasteiger partial charge is 0.456 e. The maximum Gasteiger partial charge on any atom is 0.306 e. The molecule has 1 N–H and O–H groups in total. The predicted molar refractivity (Wildman–Crippen MR) is 137 cm³/mol. The summed E-state index contributed by atoms with van der Waals surface area (Å²) in [6.45, 7) is -0.497. The highest BCUT2D eigenvalue weighted by Crippen LogP contribution is 2.33. The standard InChI is InChI=1S/C27H19ClN2O5S/c28-19-12-17-18(27(34)16-7-2-1-6-15(16)26(17)33)13-21(19)29-23(31)14-35-25(32)11-5-10-24-30-20-8-3-4-9-22(20)36-24/h1-4,6-9,12-13H,5,10-11,14H2,(H,29,31). The van der Waals surface area contributed by atoms with Crippen molar-refractivity contribution in [3.05, 3.63) is 92.9 Å². The van der Waals surface area contributed by atoms with Gasteiger partial charge in [0.1, 0.15) is 0 Å². The average Bonchev–Trinajstić information content (AvgIpc) is 3.30.